The molecule has 0 bridgehead atoms. The van der Waals surface area contributed by atoms with Crippen molar-refractivity contribution >= 4 is 16.9 Å². The number of nitrogens with zero attached hydrogens (tertiary/aromatic N) is 1. The number of amides is 1. The summed E-state index contributed by atoms with van der Waals surface area (Å²) in [4.78, 5) is 26.3. The molecule has 1 aromatic heterocycles. The molecule has 0 spiro atoms. The van der Waals surface area contributed by atoms with Crippen molar-refractivity contribution in [1.82, 2.24) is 4.90 Å². The van der Waals surface area contributed by atoms with Gasteiger partial charge in [-0.05, 0) is 50.3 Å². The van der Waals surface area contributed by atoms with Gasteiger partial charge in [0.15, 0.2) is 6.10 Å². The third-order valence-corrected chi connectivity index (χ3v) is 5.08. The van der Waals surface area contributed by atoms with Gasteiger partial charge in [-0.25, -0.2) is 4.79 Å². The van der Waals surface area contributed by atoms with E-state index in [0.29, 0.717) is 16.9 Å². The second-order valence-electron chi connectivity index (χ2n) is 7.73. The van der Waals surface area contributed by atoms with Crippen LogP contribution in [0.2, 0.25) is 0 Å². The molecule has 0 radical (unpaired) electrons. The van der Waals surface area contributed by atoms with Crippen LogP contribution >= 0.6 is 0 Å². The Kier molecular flexibility index (Phi) is 4.35. The Labute approximate surface area is 147 Å². The SMILES string of the molecule is Cc1c(C)c2ccc(OC(C)C(=O)N3CCC(C)(C)C3)cc2oc1=O. The van der Waals surface area contributed by atoms with Crippen molar-refractivity contribution < 1.29 is 13.9 Å². The summed E-state index contributed by atoms with van der Waals surface area (Å²) in [5, 5.41) is 0.879. The summed E-state index contributed by atoms with van der Waals surface area (Å²) in [5.74, 6) is 0.519. The van der Waals surface area contributed by atoms with Crippen LogP contribution in [0.5, 0.6) is 5.75 Å². The lowest BCUT2D eigenvalue weighted by molar-refractivity contribution is -0.137. The highest BCUT2D eigenvalue weighted by molar-refractivity contribution is 5.83. The summed E-state index contributed by atoms with van der Waals surface area (Å²) in [6.07, 6.45) is 0.426. The van der Waals surface area contributed by atoms with E-state index in [-0.39, 0.29) is 16.9 Å². The first-order valence-corrected chi connectivity index (χ1v) is 8.67. The number of fused-ring (bicyclic) bond motifs is 1. The van der Waals surface area contributed by atoms with Gasteiger partial charge in [0.2, 0.25) is 0 Å². The van der Waals surface area contributed by atoms with Crippen LogP contribution in [0.4, 0.5) is 0 Å². The van der Waals surface area contributed by atoms with Crippen LogP contribution in [0.3, 0.4) is 0 Å². The number of ether oxygens (including phenoxy) is 1. The molecule has 2 aromatic rings. The summed E-state index contributed by atoms with van der Waals surface area (Å²) in [5.41, 5.74) is 1.82. The van der Waals surface area contributed by atoms with Gasteiger partial charge in [-0.1, -0.05) is 13.8 Å². The van der Waals surface area contributed by atoms with Crippen molar-refractivity contribution in [3.05, 3.63) is 39.7 Å². The van der Waals surface area contributed by atoms with Crippen molar-refractivity contribution in [2.45, 2.75) is 47.1 Å². The Balaban J connectivity index is 1.80. The summed E-state index contributed by atoms with van der Waals surface area (Å²) < 4.78 is 11.2. The molecule has 0 aliphatic carbocycles. The zero-order chi connectivity index (χ0) is 18.4. The van der Waals surface area contributed by atoms with E-state index in [1.807, 2.05) is 24.0 Å². The van der Waals surface area contributed by atoms with Crippen LogP contribution in [0.1, 0.15) is 38.3 Å². The number of rotatable bonds is 3. The lowest BCUT2D eigenvalue weighted by Crippen LogP contribution is -2.39. The Morgan fingerprint density at radius 3 is 2.64 bits per heavy atom. The molecule has 0 N–H and O–H groups in total. The first-order chi connectivity index (χ1) is 11.7. The quantitative estimate of drug-likeness (QED) is 0.801. The van der Waals surface area contributed by atoms with Crippen LogP contribution in [0.15, 0.2) is 27.4 Å². The number of carbonyl (C=O) groups is 1. The van der Waals surface area contributed by atoms with Crippen LogP contribution in [0.25, 0.3) is 11.0 Å². The largest absolute Gasteiger partial charge is 0.481 e. The predicted molar refractivity (Wildman–Crippen MR) is 97.0 cm³/mol. The monoisotopic (exact) mass is 343 g/mol. The van der Waals surface area contributed by atoms with Crippen molar-refractivity contribution in [2.24, 2.45) is 5.41 Å². The molecule has 5 nitrogen and oxygen atoms in total. The fourth-order valence-electron chi connectivity index (χ4n) is 3.31. The maximum Gasteiger partial charge on any atom is 0.339 e. The molecule has 1 aliphatic heterocycles. The highest BCUT2D eigenvalue weighted by Crippen LogP contribution is 2.30. The van der Waals surface area contributed by atoms with Gasteiger partial charge in [0.25, 0.3) is 5.91 Å². The molecule has 1 unspecified atom stereocenters. The lowest BCUT2D eigenvalue weighted by atomic mass is 9.93. The minimum Gasteiger partial charge on any atom is -0.481 e. The first kappa shape index (κ1) is 17.5. The molecular weight excluding hydrogens is 318 g/mol. The van der Waals surface area contributed by atoms with Gasteiger partial charge in [0.05, 0.1) is 0 Å². The first-order valence-electron chi connectivity index (χ1n) is 8.67. The third kappa shape index (κ3) is 3.41. The smallest absolute Gasteiger partial charge is 0.339 e. The second kappa shape index (κ2) is 6.21. The molecule has 2 heterocycles. The van der Waals surface area contributed by atoms with E-state index >= 15 is 0 Å². The molecule has 1 aliphatic rings. The van der Waals surface area contributed by atoms with Crippen molar-refractivity contribution in [3.8, 4) is 5.75 Å². The molecule has 1 atom stereocenters. The number of hydrogen-bond donors (Lipinski definition) is 0. The van der Waals surface area contributed by atoms with E-state index in [1.165, 1.54) is 0 Å². The van der Waals surface area contributed by atoms with Gasteiger partial charge in [-0.3, -0.25) is 4.79 Å². The number of hydrogen-bond acceptors (Lipinski definition) is 4. The summed E-state index contributed by atoms with van der Waals surface area (Å²) in [6, 6.07) is 5.36. The van der Waals surface area contributed by atoms with E-state index in [9.17, 15) is 9.59 Å². The molecule has 1 amide bonds. The Hall–Kier alpha value is -2.30. The van der Waals surface area contributed by atoms with Gasteiger partial charge < -0.3 is 14.1 Å². The van der Waals surface area contributed by atoms with Gasteiger partial charge in [0, 0.05) is 30.1 Å². The summed E-state index contributed by atoms with van der Waals surface area (Å²) in [7, 11) is 0. The van der Waals surface area contributed by atoms with Crippen LogP contribution in [-0.2, 0) is 4.79 Å². The molecule has 134 valence electrons. The van der Waals surface area contributed by atoms with Crippen LogP contribution in [-0.4, -0.2) is 30.0 Å². The predicted octanol–water partition coefficient (Wildman–Crippen LogP) is 3.44. The van der Waals surface area contributed by atoms with E-state index in [4.69, 9.17) is 9.15 Å². The standard InChI is InChI=1S/C20H25NO4/c1-12-13(2)19(23)25-17-10-15(6-7-16(12)17)24-14(3)18(22)21-9-8-20(4,5)11-21/h6-7,10,14H,8-9,11H2,1-5H3. The zero-order valence-electron chi connectivity index (χ0n) is 15.5. The Morgan fingerprint density at radius 1 is 1.28 bits per heavy atom. The molecule has 5 heteroatoms. The normalized spacial score (nSPS) is 17.7. The van der Waals surface area contributed by atoms with Crippen LogP contribution in [0, 0.1) is 19.3 Å². The lowest BCUT2D eigenvalue weighted by Gasteiger charge is -2.23. The zero-order valence-corrected chi connectivity index (χ0v) is 15.5. The maximum absolute atomic E-state index is 12.6. The van der Waals surface area contributed by atoms with E-state index in [1.54, 1.807) is 19.9 Å². The Bertz CT molecular complexity index is 881. The highest BCUT2D eigenvalue weighted by atomic mass is 16.5. The topological polar surface area (TPSA) is 59.8 Å². The van der Waals surface area contributed by atoms with E-state index < -0.39 is 6.10 Å². The molecule has 1 aromatic carbocycles. The van der Waals surface area contributed by atoms with Crippen molar-refractivity contribution in [1.29, 1.82) is 0 Å². The Morgan fingerprint density at radius 2 is 2.00 bits per heavy atom. The summed E-state index contributed by atoms with van der Waals surface area (Å²) in [6.45, 7) is 11.3. The number of aryl methyl sites for hydroxylation is 1. The fraction of sp³-hybridized carbons (Fsp3) is 0.500. The van der Waals surface area contributed by atoms with Gasteiger partial charge in [0.1, 0.15) is 11.3 Å². The van der Waals surface area contributed by atoms with Gasteiger partial charge in [-0.15, -0.1) is 0 Å². The fourth-order valence-corrected chi connectivity index (χ4v) is 3.31. The van der Waals surface area contributed by atoms with Crippen molar-refractivity contribution in [2.75, 3.05) is 13.1 Å². The highest BCUT2D eigenvalue weighted by Gasteiger charge is 2.34. The molecule has 1 fully saturated rings. The molecular formula is C20H25NO4. The minimum atomic E-state index is -0.579. The second-order valence-corrected chi connectivity index (χ2v) is 7.73. The third-order valence-electron chi connectivity index (χ3n) is 5.08. The van der Waals surface area contributed by atoms with Gasteiger partial charge >= 0.3 is 5.63 Å². The molecule has 3 rings (SSSR count). The number of likely N-dealkylation sites (tertiary alicyclic amines) is 1. The average Bonchev–Trinajstić information content (AvgIpc) is 2.91. The summed E-state index contributed by atoms with van der Waals surface area (Å²) >= 11 is 0. The number of benzene rings is 1. The number of carbonyl (C=O) groups excluding carboxylic acids is 1. The van der Waals surface area contributed by atoms with Crippen LogP contribution < -0.4 is 10.4 Å². The van der Waals surface area contributed by atoms with E-state index in [0.717, 1.165) is 30.5 Å². The average molecular weight is 343 g/mol. The minimum absolute atomic E-state index is 0.00721. The van der Waals surface area contributed by atoms with E-state index in [2.05, 4.69) is 13.8 Å². The molecule has 1 saturated heterocycles. The molecule has 0 saturated carbocycles. The van der Waals surface area contributed by atoms with Crippen molar-refractivity contribution in [3.63, 3.8) is 0 Å². The van der Waals surface area contributed by atoms with Gasteiger partial charge in [-0.2, -0.15) is 0 Å². The maximum atomic E-state index is 12.6. The molecule has 25 heavy (non-hydrogen) atoms.